The van der Waals surface area contributed by atoms with E-state index in [1.165, 1.54) is 0 Å². The Morgan fingerprint density at radius 1 is 0.133 bits per heavy atom. The van der Waals surface area contributed by atoms with E-state index in [4.69, 9.17) is 4.65 Å². The first-order valence-electron chi connectivity index (χ1n) is 32.8. The summed E-state index contributed by atoms with van der Waals surface area (Å²) in [5.74, 6) is 0. The van der Waals surface area contributed by atoms with Crippen molar-refractivity contribution in [2.45, 2.75) is 13.3 Å². The standard InChI is InChI=1S/C3H8B94O/c1-2-3-98-97-96-95-94-93-92-91-90-89-88-87-86-85-84-83-82-81-80-79-78-77-76-75-74-73-72-71-70-69-68-67-66-65-64-63-62-61-60-59-58-57-56-55-54-53-52-51-50-49-48-47-46-45-44-43-42-41-40-39-38-37-36-35-34-33-32-31-30-29-28-27-26-25-24-23-22-21-20-19-18-17-16-15-14-13-12-11-10-9-8-7-6-5-4/h4H,2-3H2,1H3. The number of hydrogen-bond acceptors (Lipinski definition) is 1. The zero-order valence-electron chi connectivity index (χ0n) is 57.2. The van der Waals surface area contributed by atoms with E-state index in [2.05, 4.69) is 14.3 Å². The molecule has 0 aliphatic rings. The molecule has 0 fully saturated rings. The maximum absolute atomic E-state index is 5.27. The molecule has 0 amide bonds. The van der Waals surface area contributed by atoms with Crippen molar-refractivity contribution in [2.24, 2.45) is 0 Å². The molecule has 0 aliphatic carbocycles. The topological polar surface area (TPSA) is 9.23 Å². The number of hydrogen-bond donors (Lipinski definition) is 0. The summed E-state index contributed by atoms with van der Waals surface area (Å²) in [5.41, 5.74) is 0. The molecule has 0 unspecified atom stereocenters. The van der Waals surface area contributed by atoms with Crippen molar-refractivity contribution in [3.05, 3.63) is 0 Å². The Balaban J connectivity index is 4.11. The van der Waals surface area contributed by atoms with Gasteiger partial charge in [-0.25, -0.2) is 0 Å². The Morgan fingerprint density at radius 3 is 0.296 bits per heavy atom. The number of rotatable bonds is 49. The van der Waals surface area contributed by atoms with Crippen LogP contribution in [0.1, 0.15) is 13.3 Å². The molecule has 0 N–H and O–H groups in total. The molecule has 0 aromatic rings. The van der Waals surface area contributed by atoms with Crippen LogP contribution in [0, 0.1) is 0 Å². The van der Waals surface area contributed by atoms with Crippen LogP contribution < -0.4 is 0 Å². The zero-order chi connectivity index (χ0) is 69.9. The summed E-state index contributed by atoms with van der Waals surface area (Å²) in [6, 6.07) is 0. The summed E-state index contributed by atoms with van der Waals surface area (Å²) in [6.07, 6.45) is 1.02. The van der Waals surface area contributed by atoms with Crippen molar-refractivity contribution < 1.29 is 4.65 Å². The Labute approximate surface area is 647 Å². The molecular formula is C3H8B94O. The molecule has 0 saturated heterocycles. The molecule has 98 heavy (non-hydrogen) atoms. The Hall–Kier alpha value is 5.90. The van der Waals surface area contributed by atoms with Gasteiger partial charge in [-0.15, -0.1) is 0 Å². The van der Waals surface area contributed by atoms with Crippen molar-refractivity contribution >= 4 is 630 Å². The van der Waals surface area contributed by atoms with Crippen LogP contribution in [-0.4, -0.2) is 637 Å². The van der Waals surface area contributed by atoms with Crippen LogP contribution >= 0.6 is 0 Å². The molecule has 308 valence electrons. The van der Waals surface area contributed by atoms with Gasteiger partial charge in [-0.2, -0.15) is 0 Å². The van der Waals surface area contributed by atoms with E-state index in [1.54, 1.807) is 13.7 Å². The normalized spacial score (nSPS) is 7.92. The van der Waals surface area contributed by atoms with Gasteiger partial charge in [0.25, 0.3) is 0 Å². The summed E-state index contributed by atoms with van der Waals surface area (Å²) >= 11 is 0. The summed E-state index contributed by atoms with van der Waals surface area (Å²) in [7, 11) is 5.35. The SMILES string of the molecule is B=BB=BB=BB=BB=BB=BB=BB=BB=BB=BB=BB=BB=BB=BB=BB=BB=BB=BB=BB=BB=BB=BB=BB=BB=BB=BB=BB=BB=BB=BB=BB=BB=BB=BB=BB=BB=BB=BB=BB=BB=BB=BB=BB=BB=BB=BB=BOCCC. The van der Waals surface area contributed by atoms with Gasteiger partial charge >= 0.3 is 655 Å². The van der Waals surface area contributed by atoms with Crippen LogP contribution in [0.5, 0.6) is 0 Å². The van der Waals surface area contributed by atoms with Crippen LogP contribution in [-0.2, 0) is 4.65 Å². The fourth-order valence-corrected chi connectivity index (χ4v) is 6.07. The van der Waals surface area contributed by atoms with Crippen molar-refractivity contribution in [2.75, 3.05) is 6.61 Å². The minimum atomic E-state index is 0.752. The van der Waals surface area contributed by atoms with Gasteiger partial charge in [0.15, 0.2) is 0 Å². The molecule has 0 radical (unpaired) electrons. The molecule has 0 atom stereocenters. The molecule has 0 heterocycles. The zero-order valence-corrected chi connectivity index (χ0v) is 57.2. The van der Waals surface area contributed by atoms with Gasteiger partial charge in [0, 0.05) is 0 Å². The molecule has 0 rings (SSSR count). The molecule has 0 aromatic heterocycles. The van der Waals surface area contributed by atoms with Gasteiger partial charge in [-0.1, -0.05) is 0 Å². The molecule has 1 nitrogen and oxygen atoms in total. The van der Waals surface area contributed by atoms with Gasteiger partial charge in [-0.3, -0.25) is 0 Å². The average molecular weight is 1080 g/mol. The van der Waals surface area contributed by atoms with E-state index in [0.29, 0.717) is 0 Å². The molecule has 0 spiro atoms. The Bertz CT molecular complexity index is 3560. The van der Waals surface area contributed by atoms with E-state index in [1.807, 2.05) is 609 Å². The molecule has 95 heteroatoms. The molecule has 0 bridgehead atoms. The van der Waals surface area contributed by atoms with Crippen LogP contribution in [0.3, 0.4) is 0 Å². The first-order valence-corrected chi connectivity index (χ1v) is 32.8. The van der Waals surface area contributed by atoms with Gasteiger partial charge in [0.1, 0.15) is 0 Å². The monoisotopic (exact) mass is 1090 g/mol. The second-order valence-electron chi connectivity index (χ2n) is 18.8. The van der Waals surface area contributed by atoms with Crippen molar-refractivity contribution in [1.82, 2.24) is 0 Å². The molecular weight excluding hydrogens is 1070 g/mol. The third-order valence-corrected chi connectivity index (χ3v) is 10.6. The summed E-state index contributed by atoms with van der Waals surface area (Å²) in [5, 5.41) is 0. The van der Waals surface area contributed by atoms with Crippen molar-refractivity contribution in [3.8, 4) is 0 Å². The molecule has 0 aromatic carbocycles. The fraction of sp³-hybridized carbons (Fsp3) is 1.00. The second kappa shape index (κ2) is 103. The van der Waals surface area contributed by atoms with Crippen molar-refractivity contribution in [1.29, 1.82) is 0 Å². The van der Waals surface area contributed by atoms with Gasteiger partial charge in [-0.05, 0) is 0 Å². The third-order valence-electron chi connectivity index (χ3n) is 10.6. The minimum absolute atomic E-state index is 0.752. The van der Waals surface area contributed by atoms with E-state index in [-0.39, 0.29) is 0 Å². The van der Waals surface area contributed by atoms with Crippen LogP contribution in [0.4, 0.5) is 0 Å². The Morgan fingerprint density at radius 2 is 0.214 bits per heavy atom. The third kappa shape index (κ3) is 102. The predicted molar refractivity (Wildman–Crippen MR) is 559 cm³/mol. The maximum atomic E-state index is 5.27. The Kier molecular flexibility index (Phi) is 109. The van der Waals surface area contributed by atoms with Gasteiger partial charge in [0.05, 0.1) is 0 Å². The quantitative estimate of drug-likeness (QED) is 0.0436. The van der Waals surface area contributed by atoms with Crippen LogP contribution in [0.2, 0.25) is 0 Å². The molecule has 0 saturated carbocycles. The predicted octanol–water partition coefficient (Wildman–Crippen LogP) is -35.2. The summed E-state index contributed by atoms with van der Waals surface area (Å²) < 4.78 is 5.27. The summed E-state index contributed by atoms with van der Waals surface area (Å²) in [4.78, 5) is 0. The first kappa shape index (κ1) is 104. The van der Waals surface area contributed by atoms with E-state index in [9.17, 15) is 0 Å². The fourth-order valence-electron chi connectivity index (χ4n) is 6.07. The summed E-state index contributed by atoms with van der Waals surface area (Å²) in [6.45, 7) is 186. The van der Waals surface area contributed by atoms with Crippen molar-refractivity contribution in [3.63, 3.8) is 0 Å². The molecule has 0 aliphatic heterocycles. The van der Waals surface area contributed by atoms with E-state index in [0.717, 1.165) is 13.0 Å². The first-order chi connectivity index (χ1) is 48.9. The van der Waals surface area contributed by atoms with Crippen LogP contribution in [0.25, 0.3) is 0 Å². The second-order valence-corrected chi connectivity index (χ2v) is 18.8. The van der Waals surface area contributed by atoms with E-state index >= 15 is 0 Å². The van der Waals surface area contributed by atoms with Crippen LogP contribution in [0.15, 0.2) is 0 Å². The van der Waals surface area contributed by atoms with E-state index < -0.39 is 0 Å². The average Bonchev–Trinajstić information content (AvgIpc) is 3.63. The van der Waals surface area contributed by atoms with Gasteiger partial charge in [0.2, 0.25) is 0 Å². The van der Waals surface area contributed by atoms with Gasteiger partial charge < -0.3 is 0 Å².